The average Bonchev–Trinajstić information content (AvgIpc) is 2.64. The molecule has 0 aliphatic rings. The smallest absolute Gasteiger partial charge is 0.243 e. The number of rotatable bonds is 11. The monoisotopic (exact) mass is 425 g/mol. The fraction of sp³-hybridized carbons (Fsp3) is 0.636. The Hall–Kier alpha value is -1.63. The number of benzene rings is 1. The van der Waals surface area contributed by atoms with Gasteiger partial charge in [-0.25, -0.2) is 0 Å². The molecule has 0 fully saturated rings. The van der Waals surface area contributed by atoms with Crippen LogP contribution in [0.5, 0.6) is 0 Å². The van der Waals surface area contributed by atoms with Crippen LogP contribution in [0, 0.1) is 11.3 Å². The number of hydrogen-bond donors (Lipinski definition) is 4. The van der Waals surface area contributed by atoms with E-state index in [0.29, 0.717) is 18.9 Å². The van der Waals surface area contributed by atoms with Gasteiger partial charge in [0.25, 0.3) is 0 Å². The molecule has 0 radical (unpaired) electrons. The average molecular weight is 426 g/mol. The molecule has 0 unspecified atom stereocenters. The van der Waals surface area contributed by atoms with E-state index in [1.165, 1.54) is 0 Å². The van der Waals surface area contributed by atoms with Crippen LogP contribution in [0.3, 0.4) is 0 Å². The number of alkyl halides is 1. The highest BCUT2D eigenvalue weighted by molar-refractivity contribution is 6.27. The third-order valence-corrected chi connectivity index (χ3v) is 4.79. The van der Waals surface area contributed by atoms with Crippen LogP contribution in [-0.4, -0.2) is 54.1 Å². The van der Waals surface area contributed by atoms with Gasteiger partial charge < -0.3 is 21.1 Å². The second-order valence-electron chi connectivity index (χ2n) is 8.92. The van der Waals surface area contributed by atoms with E-state index in [1.54, 1.807) is 0 Å². The van der Waals surface area contributed by atoms with E-state index >= 15 is 0 Å². The minimum Gasteiger partial charge on any atom is -0.390 e. The van der Waals surface area contributed by atoms with E-state index in [-0.39, 0.29) is 11.8 Å². The first-order valence-corrected chi connectivity index (χ1v) is 10.7. The first-order chi connectivity index (χ1) is 13.5. The third kappa shape index (κ3) is 9.61. The molecule has 0 spiro atoms. The Morgan fingerprint density at radius 3 is 2.21 bits per heavy atom. The summed E-state index contributed by atoms with van der Waals surface area (Å²) in [7, 11) is 0. The van der Waals surface area contributed by atoms with E-state index in [9.17, 15) is 14.7 Å². The Bertz CT molecular complexity index is 632. The van der Waals surface area contributed by atoms with Crippen molar-refractivity contribution < 1.29 is 14.7 Å². The summed E-state index contributed by atoms with van der Waals surface area (Å²) in [6.07, 6.45) is -0.292. The normalized spacial score (nSPS) is 14.9. The van der Waals surface area contributed by atoms with Gasteiger partial charge in [0.15, 0.2) is 0 Å². The molecule has 7 heteroatoms. The quantitative estimate of drug-likeness (QED) is 0.408. The van der Waals surface area contributed by atoms with Crippen molar-refractivity contribution in [3.8, 4) is 0 Å². The Morgan fingerprint density at radius 1 is 1.07 bits per heavy atom. The molecule has 1 aromatic carbocycles. The van der Waals surface area contributed by atoms with Crippen LogP contribution in [0.2, 0.25) is 0 Å². The largest absolute Gasteiger partial charge is 0.390 e. The number of hydrogen-bond acceptors (Lipinski definition) is 4. The van der Waals surface area contributed by atoms with Crippen molar-refractivity contribution >= 4 is 23.4 Å². The van der Waals surface area contributed by atoms with Gasteiger partial charge in [-0.2, -0.15) is 0 Å². The van der Waals surface area contributed by atoms with Crippen molar-refractivity contribution in [1.29, 1.82) is 0 Å². The fourth-order valence-corrected chi connectivity index (χ4v) is 3.03. The molecular weight excluding hydrogens is 390 g/mol. The second-order valence-corrected chi connectivity index (χ2v) is 9.19. The lowest BCUT2D eigenvalue weighted by molar-refractivity contribution is -0.131. The van der Waals surface area contributed by atoms with E-state index in [1.807, 2.05) is 51.1 Å². The standard InChI is InChI=1S/C22H36ClN3O3/c1-15(2)13-24-14-18(27)17(11-16-9-7-6-8-10-16)25-21(29)20(22(3,4)5)26-19(28)12-23/h6-10,15,17-18,20,24,27H,11-14H2,1-5H3,(H,25,29)(H,26,28)/t17-,18+,20+/m0/s1. The number of carbonyl (C=O) groups is 2. The molecule has 0 saturated carbocycles. The lowest BCUT2D eigenvalue weighted by Gasteiger charge is -2.33. The topological polar surface area (TPSA) is 90.5 Å². The molecule has 2 amide bonds. The van der Waals surface area contributed by atoms with Crippen molar-refractivity contribution in [2.75, 3.05) is 19.0 Å². The summed E-state index contributed by atoms with van der Waals surface area (Å²) in [6.45, 7) is 10.9. The Balaban J connectivity index is 2.94. The van der Waals surface area contributed by atoms with Crippen LogP contribution in [0.4, 0.5) is 0 Å². The zero-order chi connectivity index (χ0) is 22.0. The molecule has 6 nitrogen and oxygen atoms in total. The van der Waals surface area contributed by atoms with Gasteiger partial charge in [-0.1, -0.05) is 65.0 Å². The summed E-state index contributed by atoms with van der Waals surface area (Å²) < 4.78 is 0. The van der Waals surface area contributed by atoms with Crippen molar-refractivity contribution in [3.05, 3.63) is 35.9 Å². The van der Waals surface area contributed by atoms with Gasteiger partial charge in [-0.3, -0.25) is 9.59 Å². The van der Waals surface area contributed by atoms with Crippen molar-refractivity contribution in [2.24, 2.45) is 11.3 Å². The maximum atomic E-state index is 13.0. The Morgan fingerprint density at radius 2 is 1.69 bits per heavy atom. The molecule has 1 rings (SSSR count). The van der Waals surface area contributed by atoms with E-state index in [2.05, 4.69) is 29.8 Å². The van der Waals surface area contributed by atoms with Crippen LogP contribution in [0.15, 0.2) is 30.3 Å². The first kappa shape index (κ1) is 25.4. The Labute approximate surface area is 179 Å². The van der Waals surface area contributed by atoms with E-state index < -0.39 is 29.5 Å². The molecule has 0 bridgehead atoms. The fourth-order valence-electron chi connectivity index (χ4n) is 2.95. The summed E-state index contributed by atoms with van der Waals surface area (Å²) in [5.41, 5.74) is 0.502. The number of halogens is 1. The third-order valence-electron chi connectivity index (χ3n) is 4.55. The van der Waals surface area contributed by atoms with Crippen LogP contribution >= 0.6 is 11.6 Å². The van der Waals surface area contributed by atoms with Gasteiger partial charge in [0.05, 0.1) is 12.1 Å². The van der Waals surface area contributed by atoms with Gasteiger partial charge in [-0.15, -0.1) is 11.6 Å². The second kappa shape index (κ2) is 12.2. The van der Waals surface area contributed by atoms with Gasteiger partial charge >= 0.3 is 0 Å². The molecule has 29 heavy (non-hydrogen) atoms. The van der Waals surface area contributed by atoms with Crippen LogP contribution in [-0.2, 0) is 16.0 Å². The molecule has 0 heterocycles. The molecule has 164 valence electrons. The molecule has 3 atom stereocenters. The molecular formula is C22H36ClN3O3. The molecule has 4 N–H and O–H groups in total. The minimum atomic E-state index is -0.776. The van der Waals surface area contributed by atoms with Crippen molar-refractivity contribution in [3.63, 3.8) is 0 Å². The number of nitrogens with one attached hydrogen (secondary N) is 3. The van der Waals surface area contributed by atoms with Gasteiger partial charge in [0.1, 0.15) is 11.9 Å². The maximum Gasteiger partial charge on any atom is 0.243 e. The highest BCUT2D eigenvalue weighted by Gasteiger charge is 2.34. The zero-order valence-electron chi connectivity index (χ0n) is 18.2. The maximum absolute atomic E-state index is 13.0. The molecule has 0 aromatic heterocycles. The van der Waals surface area contributed by atoms with Crippen molar-refractivity contribution in [1.82, 2.24) is 16.0 Å². The highest BCUT2D eigenvalue weighted by Crippen LogP contribution is 2.20. The molecule has 1 aromatic rings. The highest BCUT2D eigenvalue weighted by atomic mass is 35.5. The number of amides is 2. The summed E-state index contributed by atoms with van der Waals surface area (Å²) in [4.78, 5) is 24.8. The summed E-state index contributed by atoms with van der Waals surface area (Å²) in [5, 5.41) is 19.6. The van der Waals surface area contributed by atoms with Gasteiger partial charge in [0.2, 0.25) is 11.8 Å². The SMILES string of the molecule is CC(C)CNC[C@@H](O)[C@H](Cc1ccccc1)NC(=O)[C@@H](NC(=O)CCl)C(C)(C)C. The Kier molecular flexibility index (Phi) is 10.6. The van der Waals surface area contributed by atoms with Crippen molar-refractivity contribution in [2.45, 2.75) is 59.2 Å². The van der Waals surface area contributed by atoms with Gasteiger partial charge in [-0.05, 0) is 29.9 Å². The molecule has 0 aliphatic heterocycles. The number of aliphatic hydroxyl groups is 1. The zero-order valence-corrected chi connectivity index (χ0v) is 18.9. The molecule has 0 saturated heterocycles. The lowest BCUT2D eigenvalue weighted by Crippen LogP contribution is -2.58. The van der Waals surface area contributed by atoms with Gasteiger partial charge in [0, 0.05) is 6.54 Å². The lowest BCUT2D eigenvalue weighted by atomic mass is 9.85. The van der Waals surface area contributed by atoms with Crippen LogP contribution in [0.25, 0.3) is 0 Å². The first-order valence-electron chi connectivity index (χ1n) is 10.1. The van der Waals surface area contributed by atoms with Crippen LogP contribution < -0.4 is 16.0 Å². The van der Waals surface area contributed by atoms with E-state index in [0.717, 1.165) is 12.1 Å². The molecule has 0 aliphatic carbocycles. The minimum absolute atomic E-state index is 0.213. The van der Waals surface area contributed by atoms with E-state index in [4.69, 9.17) is 11.6 Å². The predicted octanol–water partition coefficient (Wildman–Crippen LogP) is 2.09. The predicted molar refractivity (Wildman–Crippen MR) is 118 cm³/mol. The number of carbonyl (C=O) groups excluding carboxylic acids is 2. The number of aliphatic hydroxyl groups excluding tert-OH is 1. The summed E-state index contributed by atoms with van der Waals surface area (Å²) >= 11 is 5.61. The summed E-state index contributed by atoms with van der Waals surface area (Å²) in [5.74, 6) is -0.490. The van der Waals surface area contributed by atoms with Crippen LogP contribution in [0.1, 0.15) is 40.2 Å². The summed E-state index contributed by atoms with van der Waals surface area (Å²) in [6, 6.07) is 8.44.